The van der Waals surface area contributed by atoms with Crippen molar-refractivity contribution in [1.82, 2.24) is 9.88 Å². The van der Waals surface area contributed by atoms with Crippen LogP contribution in [-0.2, 0) is 11.3 Å². The summed E-state index contributed by atoms with van der Waals surface area (Å²) >= 11 is 0. The molecular formula is C15H18N2O2. The molecule has 4 heteroatoms. The Hall–Kier alpha value is -1.84. The Bertz CT molecular complexity index is 480. The zero-order valence-corrected chi connectivity index (χ0v) is 11.0. The van der Waals surface area contributed by atoms with Crippen LogP contribution in [0.15, 0.2) is 35.7 Å². The Morgan fingerprint density at radius 2 is 1.74 bits per heavy atom. The van der Waals surface area contributed by atoms with Gasteiger partial charge in [-0.3, -0.25) is 4.98 Å². The van der Waals surface area contributed by atoms with Crippen LogP contribution in [0.5, 0.6) is 0 Å². The number of carbonyl (C=O) groups is 1. The molecule has 1 saturated carbocycles. The number of nitrogens with zero attached hydrogens (tertiary/aromatic N) is 2. The normalized spacial score (nSPS) is 18.4. The highest BCUT2D eigenvalue weighted by Gasteiger charge is 2.24. The average molecular weight is 258 g/mol. The summed E-state index contributed by atoms with van der Waals surface area (Å²) in [4.78, 5) is 17.7. The molecule has 2 aliphatic rings. The number of amides is 1. The second-order valence-corrected chi connectivity index (χ2v) is 5.10. The highest BCUT2D eigenvalue weighted by atomic mass is 16.6. The van der Waals surface area contributed by atoms with Crippen molar-refractivity contribution in [3.05, 3.63) is 41.2 Å². The van der Waals surface area contributed by atoms with Crippen molar-refractivity contribution in [2.45, 2.75) is 32.3 Å². The van der Waals surface area contributed by atoms with Crippen LogP contribution in [0.2, 0.25) is 0 Å². The third-order valence-electron chi connectivity index (χ3n) is 3.74. The number of hydrogen-bond donors (Lipinski definition) is 0. The maximum Gasteiger partial charge on any atom is 0.410 e. The van der Waals surface area contributed by atoms with Crippen molar-refractivity contribution < 1.29 is 9.53 Å². The number of aromatic nitrogens is 1. The predicted octanol–water partition coefficient (Wildman–Crippen LogP) is 2.90. The van der Waals surface area contributed by atoms with Crippen LogP contribution < -0.4 is 0 Å². The monoisotopic (exact) mass is 258 g/mol. The van der Waals surface area contributed by atoms with E-state index in [0.717, 1.165) is 31.5 Å². The minimum absolute atomic E-state index is 0.198. The first kappa shape index (κ1) is 12.2. The van der Waals surface area contributed by atoms with Gasteiger partial charge < -0.3 is 9.64 Å². The first-order chi connectivity index (χ1) is 9.33. The van der Waals surface area contributed by atoms with Crippen LogP contribution in [0.1, 0.15) is 31.2 Å². The number of carbonyl (C=O) groups excluding carboxylic acids is 1. The van der Waals surface area contributed by atoms with E-state index in [1.165, 1.54) is 12.8 Å². The fourth-order valence-corrected chi connectivity index (χ4v) is 2.44. The van der Waals surface area contributed by atoms with Gasteiger partial charge in [0.1, 0.15) is 6.61 Å². The van der Waals surface area contributed by atoms with Gasteiger partial charge in [0, 0.05) is 25.5 Å². The summed E-state index contributed by atoms with van der Waals surface area (Å²) in [7, 11) is 0. The lowest BCUT2D eigenvalue weighted by molar-refractivity contribution is 0.0935. The third kappa shape index (κ3) is 3.13. The first-order valence-electron chi connectivity index (χ1n) is 6.83. The van der Waals surface area contributed by atoms with Gasteiger partial charge in [0.25, 0.3) is 0 Å². The van der Waals surface area contributed by atoms with Gasteiger partial charge in [0.05, 0.1) is 0 Å². The molecule has 0 N–H and O–H groups in total. The quantitative estimate of drug-likeness (QED) is 0.766. The molecule has 0 atom stereocenters. The predicted molar refractivity (Wildman–Crippen MR) is 71.5 cm³/mol. The molecule has 1 aliphatic carbocycles. The van der Waals surface area contributed by atoms with E-state index in [-0.39, 0.29) is 6.09 Å². The van der Waals surface area contributed by atoms with Crippen LogP contribution in [0, 0.1) is 0 Å². The molecule has 0 unspecified atom stereocenters. The summed E-state index contributed by atoms with van der Waals surface area (Å²) in [6.45, 7) is 1.92. The summed E-state index contributed by atoms with van der Waals surface area (Å²) in [6, 6.07) is 3.72. The molecule has 2 heterocycles. The lowest BCUT2D eigenvalue weighted by Crippen LogP contribution is -2.36. The summed E-state index contributed by atoms with van der Waals surface area (Å²) in [5.41, 5.74) is 4.18. The molecule has 100 valence electrons. The Labute approximate surface area is 113 Å². The lowest BCUT2D eigenvalue weighted by Gasteiger charge is -2.27. The second kappa shape index (κ2) is 5.43. The molecule has 1 aromatic rings. The molecule has 0 radical (unpaired) electrons. The number of piperidine rings is 1. The van der Waals surface area contributed by atoms with E-state index in [1.807, 2.05) is 17.0 Å². The smallest absolute Gasteiger partial charge is 0.410 e. The van der Waals surface area contributed by atoms with E-state index in [9.17, 15) is 4.79 Å². The Balaban J connectivity index is 1.47. The van der Waals surface area contributed by atoms with Gasteiger partial charge in [-0.15, -0.1) is 0 Å². The average Bonchev–Trinajstić information content (AvgIpc) is 3.31. The van der Waals surface area contributed by atoms with Crippen molar-refractivity contribution in [3.8, 4) is 0 Å². The zero-order chi connectivity index (χ0) is 13.1. The van der Waals surface area contributed by atoms with Gasteiger partial charge in [-0.1, -0.05) is 11.1 Å². The third-order valence-corrected chi connectivity index (χ3v) is 3.74. The van der Waals surface area contributed by atoms with E-state index < -0.39 is 0 Å². The number of hydrogen-bond acceptors (Lipinski definition) is 3. The minimum atomic E-state index is -0.198. The van der Waals surface area contributed by atoms with Crippen LogP contribution in [0.4, 0.5) is 4.79 Å². The van der Waals surface area contributed by atoms with Crippen molar-refractivity contribution in [2.75, 3.05) is 13.1 Å². The van der Waals surface area contributed by atoms with E-state index in [1.54, 1.807) is 23.5 Å². The van der Waals surface area contributed by atoms with Gasteiger partial charge in [-0.25, -0.2) is 4.79 Å². The maximum atomic E-state index is 11.9. The van der Waals surface area contributed by atoms with Gasteiger partial charge >= 0.3 is 6.09 Å². The molecule has 1 aliphatic heterocycles. The van der Waals surface area contributed by atoms with E-state index >= 15 is 0 Å². The number of ether oxygens (including phenoxy) is 1. The Morgan fingerprint density at radius 1 is 1.11 bits per heavy atom. The largest absolute Gasteiger partial charge is 0.445 e. The molecule has 1 amide bonds. The van der Waals surface area contributed by atoms with E-state index in [2.05, 4.69) is 4.98 Å². The summed E-state index contributed by atoms with van der Waals surface area (Å²) in [5.74, 6) is 0. The van der Waals surface area contributed by atoms with Crippen LogP contribution in [-0.4, -0.2) is 29.1 Å². The molecule has 0 aromatic carbocycles. The first-order valence-corrected chi connectivity index (χ1v) is 6.83. The highest BCUT2D eigenvalue weighted by Crippen LogP contribution is 2.36. The molecule has 1 aromatic heterocycles. The summed E-state index contributed by atoms with van der Waals surface area (Å²) in [6.07, 6.45) is 7.83. The second-order valence-electron chi connectivity index (χ2n) is 5.10. The van der Waals surface area contributed by atoms with Crippen LogP contribution >= 0.6 is 0 Å². The minimum Gasteiger partial charge on any atom is -0.445 e. The van der Waals surface area contributed by atoms with Gasteiger partial charge in [0.15, 0.2) is 0 Å². The van der Waals surface area contributed by atoms with Gasteiger partial charge in [0.2, 0.25) is 0 Å². The fraction of sp³-hybridized carbons (Fsp3) is 0.467. The van der Waals surface area contributed by atoms with Gasteiger partial charge in [-0.05, 0) is 43.4 Å². The number of likely N-dealkylation sites (tertiary alicyclic amines) is 1. The van der Waals surface area contributed by atoms with Crippen molar-refractivity contribution in [2.24, 2.45) is 0 Å². The zero-order valence-electron chi connectivity index (χ0n) is 11.0. The molecule has 0 bridgehead atoms. The molecule has 4 nitrogen and oxygen atoms in total. The molecule has 19 heavy (non-hydrogen) atoms. The fourth-order valence-electron chi connectivity index (χ4n) is 2.44. The molecule has 2 fully saturated rings. The Kier molecular flexibility index (Phi) is 3.49. The number of allylic oxidation sites excluding steroid dienone is 1. The van der Waals surface area contributed by atoms with Crippen molar-refractivity contribution >= 4 is 6.09 Å². The number of pyridine rings is 1. The topological polar surface area (TPSA) is 42.4 Å². The summed E-state index contributed by atoms with van der Waals surface area (Å²) < 4.78 is 5.32. The van der Waals surface area contributed by atoms with Crippen LogP contribution in [0.25, 0.3) is 0 Å². The standard InChI is InChI=1S/C15H18N2O2/c18-15(19-11-12-3-7-16-8-4-12)17-9-5-14(6-10-17)13-1-2-13/h3-4,7-8H,1-2,5-6,9-11H2. The SMILES string of the molecule is O=C(OCc1ccncc1)N1CCC(=C2CC2)CC1. The highest BCUT2D eigenvalue weighted by molar-refractivity contribution is 5.68. The maximum absolute atomic E-state index is 11.9. The Morgan fingerprint density at radius 3 is 2.37 bits per heavy atom. The van der Waals surface area contributed by atoms with E-state index in [0.29, 0.717) is 6.61 Å². The molecular weight excluding hydrogens is 240 g/mol. The van der Waals surface area contributed by atoms with Gasteiger partial charge in [-0.2, -0.15) is 0 Å². The molecule has 0 spiro atoms. The van der Waals surface area contributed by atoms with Crippen molar-refractivity contribution in [3.63, 3.8) is 0 Å². The number of rotatable bonds is 2. The summed E-state index contributed by atoms with van der Waals surface area (Å²) in [5, 5.41) is 0. The molecule has 3 rings (SSSR count). The molecule has 1 saturated heterocycles. The van der Waals surface area contributed by atoms with Crippen molar-refractivity contribution in [1.29, 1.82) is 0 Å². The van der Waals surface area contributed by atoms with Crippen LogP contribution in [0.3, 0.4) is 0 Å². The van der Waals surface area contributed by atoms with E-state index in [4.69, 9.17) is 4.74 Å². The lowest BCUT2D eigenvalue weighted by atomic mass is 10.0.